The van der Waals surface area contributed by atoms with E-state index in [1.165, 1.54) is 0 Å². The SMILES string of the molecule is N=C(N)c1cccc(COCc2ccccc2)c1. The smallest absolute Gasteiger partial charge is 0.122 e. The number of rotatable bonds is 5. The Morgan fingerprint density at radius 1 is 0.944 bits per heavy atom. The fourth-order valence-electron chi connectivity index (χ4n) is 1.69. The van der Waals surface area contributed by atoms with Gasteiger partial charge in [-0.15, -0.1) is 0 Å². The highest BCUT2D eigenvalue weighted by Gasteiger charge is 1.99. The number of hydrogen-bond acceptors (Lipinski definition) is 2. The maximum absolute atomic E-state index is 7.38. The largest absolute Gasteiger partial charge is 0.384 e. The minimum Gasteiger partial charge on any atom is -0.384 e. The first-order chi connectivity index (χ1) is 8.75. The predicted molar refractivity (Wildman–Crippen MR) is 72.4 cm³/mol. The van der Waals surface area contributed by atoms with Gasteiger partial charge in [-0.3, -0.25) is 5.41 Å². The van der Waals surface area contributed by atoms with Gasteiger partial charge < -0.3 is 10.5 Å². The van der Waals surface area contributed by atoms with Crippen molar-refractivity contribution in [2.24, 2.45) is 5.73 Å². The molecule has 2 aromatic rings. The molecule has 0 saturated carbocycles. The van der Waals surface area contributed by atoms with Gasteiger partial charge in [-0.1, -0.05) is 48.5 Å². The van der Waals surface area contributed by atoms with Crippen molar-refractivity contribution in [3.05, 3.63) is 71.3 Å². The topological polar surface area (TPSA) is 59.1 Å². The molecular weight excluding hydrogens is 224 g/mol. The van der Waals surface area contributed by atoms with Gasteiger partial charge in [0.25, 0.3) is 0 Å². The second kappa shape index (κ2) is 5.98. The summed E-state index contributed by atoms with van der Waals surface area (Å²) in [7, 11) is 0. The second-order valence-electron chi connectivity index (χ2n) is 4.09. The highest BCUT2D eigenvalue weighted by molar-refractivity contribution is 5.95. The molecule has 0 atom stereocenters. The van der Waals surface area contributed by atoms with Gasteiger partial charge in [0.1, 0.15) is 5.84 Å². The molecule has 0 aliphatic carbocycles. The molecule has 2 aromatic carbocycles. The van der Waals surface area contributed by atoms with Gasteiger partial charge in [-0.2, -0.15) is 0 Å². The molecule has 0 bridgehead atoms. The molecule has 0 saturated heterocycles. The molecule has 0 aromatic heterocycles. The maximum atomic E-state index is 7.38. The van der Waals surface area contributed by atoms with Gasteiger partial charge in [0.05, 0.1) is 13.2 Å². The predicted octanol–water partition coefficient (Wildman–Crippen LogP) is 2.69. The van der Waals surface area contributed by atoms with Crippen molar-refractivity contribution in [3.63, 3.8) is 0 Å². The third-order valence-electron chi connectivity index (χ3n) is 2.62. The summed E-state index contributed by atoms with van der Waals surface area (Å²) in [5, 5.41) is 7.38. The Hall–Kier alpha value is -2.13. The lowest BCUT2D eigenvalue weighted by Gasteiger charge is -2.06. The Morgan fingerprint density at radius 2 is 1.61 bits per heavy atom. The van der Waals surface area contributed by atoms with E-state index >= 15 is 0 Å². The highest BCUT2D eigenvalue weighted by Crippen LogP contribution is 2.08. The molecule has 0 fully saturated rings. The van der Waals surface area contributed by atoms with E-state index in [0.29, 0.717) is 13.2 Å². The van der Waals surface area contributed by atoms with Gasteiger partial charge in [0.15, 0.2) is 0 Å². The van der Waals surface area contributed by atoms with Crippen LogP contribution in [-0.2, 0) is 18.0 Å². The monoisotopic (exact) mass is 240 g/mol. The average molecular weight is 240 g/mol. The lowest BCUT2D eigenvalue weighted by molar-refractivity contribution is 0.107. The normalized spacial score (nSPS) is 10.2. The third kappa shape index (κ3) is 3.43. The molecule has 3 heteroatoms. The molecule has 0 aliphatic heterocycles. The van der Waals surface area contributed by atoms with Crippen molar-refractivity contribution in [3.8, 4) is 0 Å². The van der Waals surface area contributed by atoms with Crippen LogP contribution in [0, 0.1) is 5.41 Å². The molecule has 18 heavy (non-hydrogen) atoms. The number of amidine groups is 1. The Balaban J connectivity index is 1.90. The zero-order valence-corrected chi connectivity index (χ0v) is 10.1. The number of nitrogens with one attached hydrogen (secondary N) is 1. The van der Waals surface area contributed by atoms with Crippen molar-refractivity contribution < 1.29 is 4.74 Å². The van der Waals surface area contributed by atoms with Crippen molar-refractivity contribution in [2.45, 2.75) is 13.2 Å². The van der Waals surface area contributed by atoms with E-state index in [1.54, 1.807) is 0 Å². The Kier molecular flexibility index (Phi) is 4.10. The Bertz CT molecular complexity index is 523. The van der Waals surface area contributed by atoms with E-state index in [4.69, 9.17) is 15.9 Å². The minimum absolute atomic E-state index is 0.0832. The van der Waals surface area contributed by atoms with E-state index in [-0.39, 0.29) is 5.84 Å². The Morgan fingerprint density at radius 3 is 2.33 bits per heavy atom. The van der Waals surface area contributed by atoms with Crippen molar-refractivity contribution in [1.82, 2.24) is 0 Å². The fourth-order valence-corrected chi connectivity index (χ4v) is 1.69. The van der Waals surface area contributed by atoms with Crippen molar-refractivity contribution in [2.75, 3.05) is 0 Å². The molecule has 3 nitrogen and oxygen atoms in total. The molecule has 3 N–H and O–H groups in total. The van der Waals surface area contributed by atoms with Crippen LogP contribution in [-0.4, -0.2) is 5.84 Å². The Labute approximate surface area is 107 Å². The summed E-state index contributed by atoms with van der Waals surface area (Å²) in [5.41, 5.74) is 8.36. The van der Waals surface area contributed by atoms with Crippen LogP contribution in [0.2, 0.25) is 0 Å². The minimum atomic E-state index is 0.0832. The molecule has 2 rings (SSSR count). The molecule has 0 heterocycles. The van der Waals surface area contributed by atoms with Crippen LogP contribution in [0.5, 0.6) is 0 Å². The lowest BCUT2D eigenvalue weighted by Crippen LogP contribution is -2.11. The van der Waals surface area contributed by atoms with Crippen LogP contribution < -0.4 is 5.73 Å². The van der Waals surface area contributed by atoms with Gasteiger partial charge in [0.2, 0.25) is 0 Å². The summed E-state index contributed by atoms with van der Waals surface area (Å²) < 4.78 is 5.63. The van der Waals surface area contributed by atoms with Gasteiger partial charge in [0, 0.05) is 5.56 Å². The molecule has 92 valence electrons. The number of nitrogens with two attached hydrogens (primary N) is 1. The first-order valence-corrected chi connectivity index (χ1v) is 5.81. The van der Waals surface area contributed by atoms with Crippen LogP contribution in [0.3, 0.4) is 0 Å². The molecule has 0 aliphatic rings. The summed E-state index contributed by atoms with van der Waals surface area (Å²) >= 11 is 0. The van der Waals surface area contributed by atoms with Gasteiger partial charge in [-0.05, 0) is 17.2 Å². The first kappa shape index (κ1) is 12.3. The van der Waals surface area contributed by atoms with Crippen molar-refractivity contribution in [1.29, 1.82) is 5.41 Å². The average Bonchev–Trinajstić information content (AvgIpc) is 2.40. The first-order valence-electron chi connectivity index (χ1n) is 5.81. The van der Waals surface area contributed by atoms with E-state index in [0.717, 1.165) is 16.7 Å². The van der Waals surface area contributed by atoms with Gasteiger partial charge in [-0.25, -0.2) is 0 Å². The highest BCUT2D eigenvalue weighted by atomic mass is 16.5. The van der Waals surface area contributed by atoms with E-state index < -0.39 is 0 Å². The summed E-state index contributed by atoms with van der Waals surface area (Å²) in [6.45, 7) is 1.11. The molecule has 0 amide bonds. The zero-order chi connectivity index (χ0) is 12.8. The second-order valence-corrected chi connectivity index (χ2v) is 4.09. The lowest BCUT2D eigenvalue weighted by atomic mass is 10.1. The van der Waals surface area contributed by atoms with Crippen LogP contribution >= 0.6 is 0 Å². The van der Waals surface area contributed by atoms with Crippen molar-refractivity contribution >= 4 is 5.84 Å². The van der Waals surface area contributed by atoms with Crippen LogP contribution in [0.4, 0.5) is 0 Å². The van der Waals surface area contributed by atoms with Crippen LogP contribution in [0.25, 0.3) is 0 Å². The van der Waals surface area contributed by atoms with Gasteiger partial charge >= 0.3 is 0 Å². The van der Waals surface area contributed by atoms with E-state index in [2.05, 4.69) is 0 Å². The standard InChI is InChI=1S/C15H16N2O/c16-15(17)14-8-4-7-13(9-14)11-18-10-12-5-2-1-3-6-12/h1-9H,10-11H2,(H3,16,17). The maximum Gasteiger partial charge on any atom is 0.122 e. The van der Waals surface area contributed by atoms with E-state index in [9.17, 15) is 0 Å². The summed E-state index contributed by atoms with van der Waals surface area (Å²) in [5.74, 6) is 0.0832. The summed E-state index contributed by atoms with van der Waals surface area (Å²) in [6, 6.07) is 17.6. The quantitative estimate of drug-likeness (QED) is 0.623. The number of benzene rings is 2. The van der Waals surface area contributed by atoms with Crippen LogP contribution in [0.15, 0.2) is 54.6 Å². The number of nitrogen functional groups attached to an aromatic ring is 1. The van der Waals surface area contributed by atoms with Crippen LogP contribution in [0.1, 0.15) is 16.7 Å². The summed E-state index contributed by atoms with van der Waals surface area (Å²) in [4.78, 5) is 0. The van der Waals surface area contributed by atoms with E-state index in [1.807, 2.05) is 54.6 Å². The summed E-state index contributed by atoms with van der Waals surface area (Å²) in [6.07, 6.45) is 0. The zero-order valence-electron chi connectivity index (χ0n) is 10.1. The third-order valence-corrected chi connectivity index (χ3v) is 2.62. The molecule has 0 radical (unpaired) electrons. The molecule has 0 spiro atoms. The number of hydrogen-bond donors (Lipinski definition) is 2. The number of ether oxygens (including phenoxy) is 1. The fraction of sp³-hybridized carbons (Fsp3) is 0.133. The molecular formula is C15H16N2O. The molecule has 0 unspecified atom stereocenters.